The molecule has 0 radical (unpaired) electrons. The number of benzene rings is 1. The summed E-state index contributed by atoms with van der Waals surface area (Å²) in [6, 6.07) is 4.65. The van der Waals surface area contributed by atoms with Gasteiger partial charge in [-0.1, -0.05) is 28.8 Å². The fourth-order valence-electron chi connectivity index (χ4n) is 3.26. The number of methoxy groups -OCH3 is 2. The molecule has 22 heavy (non-hydrogen) atoms. The average Bonchev–Trinajstić information content (AvgIpc) is 3.37. The van der Waals surface area contributed by atoms with Crippen LogP contribution in [-0.2, 0) is 0 Å². The molecule has 5 heteroatoms. The summed E-state index contributed by atoms with van der Waals surface area (Å²) in [6.07, 6.45) is 4.01. The van der Waals surface area contributed by atoms with Crippen LogP contribution in [0.5, 0.6) is 11.5 Å². The van der Waals surface area contributed by atoms with E-state index in [1.165, 1.54) is 24.8 Å². The smallest absolute Gasteiger partial charge is 0.161 e. The van der Waals surface area contributed by atoms with Crippen molar-refractivity contribution in [2.45, 2.75) is 25.3 Å². The van der Waals surface area contributed by atoms with E-state index in [1.807, 2.05) is 6.07 Å². The lowest BCUT2D eigenvalue weighted by Gasteiger charge is -2.36. The molecule has 1 aromatic carbocycles. The number of rotatable bonds is 6. The van der Waals surface area contributed by atoms with Crippen LogP contribution < -0.4 is 14.8 Å². The molecule has 0 aromatic heterocycles. The number of halogens is 1. The molecule has 2 fully saturated rings. The number of piperazine rings is 1. The van der Waals surface area contributed by atoms with Gasteiger partial charge >= 0.3 is 0 Å². The Morgan fingerprint density at radius 2 is 1.82 bits per heavy atom. The average molecular weight is 369 g/mol. The predicted octanol–water partition coefficient (Wildman–Crippen LogP) is 3.21. The van der Waals surface area contributed by atoms with Gasteiger partial charge in [0, 0.05) is 36.7 Å². The van der Waals surface area contributed by atoms with Gasteiger partial charge in [-0.3, -0.25) is 4.90 Å². The lowest BCUT2D eigenvalue weighted by Crippen LogP contribution is -2.45. The van der Waals surface area contributed by atoms with Crippen LogP contribution in [0.15, 0.2) is 16.6 Å². The Morgan fingerprint density at radius 1 is 1.18 bits per heavy atom. The molecule has 0 amide bonds. The molecule has 0 bridgehead atoms. The fourth-order valence-corrected chi connectivity index (χ4v) is 3.85. The maximum absolute atomic E-state index is 5.51. The van der Waals surface area contributed by atoms with E-state index in [0.29, 0.717) is 6.04 Å². The van der Waals surface area contributed by atoms with Gasteiger partial charge in [0.2, 0.25) is 0 Å². The Bertz CT molecular complexity index is 514. The summed E-state index contributed by atoms with van der Waals surface area (Å²) in [4.78, 5) is 2.61. The predicted molar refractivity (Wildman–Crippen MR) is 91.8 cm³/mol. The first kappa shape index (κ1) is 16.1. The molecule has 2 aliphatic rings. The third-order valence-corrected chi connectivity index (χ3v) is 5.39. The minimum atomic E-state index is 0.462. The van der Waals surface area contributed by atoms with E-state index in [2.05, 4.69) is 32.2 Å². The Labute approximate surface area is 141 Å². The number of hydrogen-bond donors (Lipinski definition) is 1. The SMILES string of the molecule is COc1cc(Br)c([C@@H](CC2CC2)N2CCNCC2)cc1OC. The second-order valence-corrected chi connectivity index (χ2v) is 7.06. The minimum Gasteiger partial charge on any atom is -0.493 e. The first-order valence-corrected chi connectivity index (χ1v) is 8.88. The third-order valence-electron chi connectivity index (χ3n) is 4.71. The summed E-state index contributed by atoms with van der Waals surface area (Å²) >= 11 is 3.75. The number of nitrogens with zero attached hydrogens (tertiary/aromatic N) is 1. The Hall–Kier alpha value is -0.780. The highest BCUT2D eigenvalue weighted by Gasteiger charge is 2.32. The highest BCUT2D eigenvalue weighted by molar-refractivity contribution is 9.10. The molecule has 1 saturated carbocycles. The van der Waals surface area contributed by atoms with Crippen molar-refractivity contribution in [3.63, 3.8) is 0 Å². The topological polar surface area (TPSA) is 33.7 Å². The zero-order chi connectivity index (χ0) is 15.5. The van der Waals surface area contributed by atoms with Crippen LogP contribution in [0.25, 0.3) is 0 Å². The van der Waals surface area contributed by atoms with Crippen molar-refractivity contribution in [1.82, 2.24) is 10.2 Å². The van der Waals surface area contributed by atoms with Crippen molar-refractivity contribution >= 4 is 15.9 Å². The summed E-state index contributed by atoms with van der Waals surface area (Å²) in [5.74, 6) is 2.49. The van der Waals surface area contributed by atoms with Crippen LogP contribution in [0.1, 0.15) is 30.9 Å². The summed E-state index contributed by atoms with van der Waals surface area (Å²) in [7, 11) is 3.39. The standard InChI is InChI=1S/C17H25BrN2O2/c1-21-16-10-13(14(18)11-17(16)22-2)15(9-12-3-4-12)20-7-5-19-6-8-20/h10-12,15,19H,3-9H2,1-2H3/t15-/m1/s1. The van der Waals surface area contributed by atoms with Crippen LogP contribution >= 0.6 is 15.9 Å². The molecular weight excluding hydrogens is 344 g/mol. The fraction of sp³-hybridized carbons (Fsp3) is 0.647. The van der Waals surface area contributed by atoms with Gasteiger partial charge in [-0.2, -0.15) is 0 Å². The molecule has 1 aliphatic carbocycles. The molecular formula is C17H25BrN2O2. The molecule has 122 valence electrons. The van der Waals surface area contributed by atoms with Crippen molar-refractivity contribution < 1.29 is 9.47 Å². The molecule has 1 N–H and O–H groups in total. The quantitative estimate of drug-likeness (QED) is 0.835. The molecule has 1 aliphatic heterocycles. The number of hydrogen-bond acceptors (Lipinski definition) is 4. The van der Waals surface area contributed by atoms with E-state index >= 15 is 0 Å². The zero-order valence-electron chi connectivity index (χ0n) is 13.4. The molecule has 4 nitrogen and oxygen atoms in total. The van der Waals surface area contributed by atoms with Crippen LogP contribution in [0.3, 0.4) is 0 Å². The normalized spacial score (nSPS) is 20.7. The molecule has 1 saturated heterocycles. The highest BCUT2D eigenvalue weighted by Crippen LogP contribution is 2.44. The van der Waals surface area contributed by atoms with Crippen molar-refractivity contribution in [1.29, 1.82) is 0 Å². The first-order chi connectivity index (χ1) is 10.7. The third kappa shape index (κ3) is 3.58. The Balaban J connectivity index is 1.91. The first-order valence-electron chi connectivity index (χ1n) is 8.09. The zero-order valence-corrected chi connectivity index (χ0v) is 15.0. The van der Waals surface area contributed by atoms with E-state index in [4.69, 9.17) is 9.47 Å². The van der Waals surface area contributed by atoms with Crippen molar-refractivity contribution in [2.75, 3.05) is 40.4 Å². The second kappa shape index (κ2) is 7.20. The van der Waals surface area contributed by atoms with E-state index in [1.54, 1.807) is 14.2 Å². The van der Waals surface area contributed by atoms with Crippen LogP contribution in [0.2, 0.25) is 0 Å². The Morgan fingerprint density at radius 3 is 2.41 bits per heavy atom. The lowest BCUT2D eigenvalue weighted by atomic mass is 9.98. The Kier molecular flexibility index (Phi) is 5.26. The van der Waals surface area contributed by atoms with Crippen LogP contribution in [0.4, 0.5) is 0 Å². The minimum absolute atomic E-state index is 0.462. The summed E-state index contributed by atoms with van der Waals surface area (Å²) in [5.41, 5.74) is 1.33. The van der Waals surface area contributed by atoms with E-state index in [-0.39, 0.29) is 0 Å². The number of ether oxygens (including phenoxy) is 2. The van der Waals surface area contributed by atoms with Gasteiger partial charge in [-0.15, -0.1) is 0 Å². The van der Waals surface area contributed by atoms with E-state index < -0.39 is 0 Å². The van der Waals surface area contributed by atoms with Crippen molar-refractivity contribution in [3.8, 4) is 11.5 Å². The van der Waals surface area contributed by atoms with E-state index in [0.717, 1.165) is 48.1 Å². The molecule has 1 aromatic rings. The van der Waals surface area contributed by atoms with Gasteiger partial charge in [0.1, 0.15) is 0 Å². The van der Waals surface area contributed by atoms with Crippen molar-refractivity contribution in [3.05, 3.63) is 22.2 Å². The molecule has 0 spiro atoms. The highest BCUT2D eigenvalue weighted by atomic mass is 79.9. The molecule has 1 atom stereocenters. The largest absolute Gasteiger partial charge is 0.493 e. The second-order valence-electron chi connectivity index (χ2n) is 6.21. The maximum atomic E-state index is 5.51. The van der Waals surface area contributed by atoms with Crippen LogP contribution in [0, 0.1) is 5.92 Å². The van der Waals surface area contributed by atoms with Gasteiger partial charge in [-0.05, 0) is 30.0 Å². The summed E-state index contributed by atoms with van der Waals surface area (Å²) < 4.78 is 12.0. The van der Waals surface area contributed by atoms with Gasteiger partial charge < -0.3 is 14.8 Å². The van der Waals surface area contributed by atoms with Gasteiger partial charge in [-0.25, -0.2) is 0 Å². The summed E-state index contributed by atoms with van der Waals surface area (Å²) in [6.45, 7) is 4.37. The monoisotopic (exact) mass is 368 g/mol. The maximum Gasteiger partial charge on any atom is 0.161 e. The molecule has 3 rings (SSSR count). The van der Waals surface area contributed by atoms with E-state index in [9.17, 15) is 0 Å². The van der Waals surface area contributed by atoms with Crippen molar-refractivity contribution in [2.24, 2.45) is 5.92 Å². The van der Waals surface area contributed by atoms with Gasteiger partial charge in [0.05, 0.1) is 14.2 Å². The number of nitrogens with one attached hydrogen (secondary N) is 1. The molecule has 1 heterocycles. The van der Waals surface area contributed by atoms with Gasteiger partial charge in [0.15, 0.2) is 11.5 Å². The van der Waals surface area contributed by atoms with Gasteiger partial charge in [0.25, 0.3) is 0 Å². The lowest BCUT2D eigenvalue weighted by molar-refractivity contribution is 0.159. The van der Waals surface area contributed by atoms with Crippen LogP contribution in [-0.4, -0.2) is 45.3 Å². The molecule has 0 unspecified atom stereocenters. The summed E-state index contributed by atoms with van der Waals surface area (Å²) in [5, 5.41) is 3.45.